The number of benzene rings is 1. The molecule has 2 heterocycles. The Morgan fingerprint density at radius 2 is 2.08 bits per heavy atom. The van der Waals surface area contributed by atoms with Crippen molar-refractivity contribution >= 4 is 23.2 Å². The van der Waals surface area contributed by atoms with Gasteiger partial charge in [0.15, 0.2) is 0 Å². The molecule has 0 unspecified atom stereocenters. The van der Waals surface area contributed by atoms with Crippen molar-refractivity contribution in [1.82, 2.24) is 10.3 Å². The van der Waals surface area contributed by atoms with Gasteiger partial charge in [-0.05, 0) is 48.4 Å². The molecule has 128 valence electrons. The summed E-state index contributed by atoms with van der Waals surface area (Å²) >= 11 is 5.97. The van der Waals surface area contributed by atoms with Crippen LogP contribution in [0.25, 0.3) is 0 Å². The van der Waals surface area contributed by atoms with Gasteiger partial charge in [0, 0.05) is 11.6 Å². The molecule has 2 N–H and O–H groups in total. The number of nitrogens with one attached hydrogen (secondary N) is 2. The van der Waals surface area contributed by atoms with Gasteiger partial charge in [-0.15, -0.1) is 0 Å². The molecule has 5 nitrogen and oxygen atoms in total. The standard InChI is InChI=1S/C19H18ClN3O2/c20-15-4-1-3-14(11-15)8-9-21-16-6-7-18(22-12-16)19(24)23-13-17-5-2-10-25-17/h1-7,10-12,21H,8-9,13H2,(H,23,24). The highest BCUT2D eigenvalue weighted by atomic mass is 35.5. The lowest BCUT2D eigenvalue weighted by Gasteiger charge is -2.07. The summed E-state index contributed by atoms with van der Waals surface area (Å²) in [6.45, 7) is 1.10. The summed E-state index contributed by atoms with van der Waals surface area (Å²) in [6, 6.07) is 14.9. The van der Waals surface area contributed by atoms with E-state index in [2.05, 4.69) is 15.6 Å². The zero-order valence-electron chi connectivity index (χ0n) is 13.5. The minimum Gasteiger partial charge on any atom is -0.467 e. The smallest absolute Gasteiger partial charge is 0.270 e. The Hall–Kier alpha value is -2.79. The van der Waals surface area contributed by atoms with Crippen LogP contribution in [-0.4, -0.2) is 17.4 Å². The Kier molecular flexibility index (Phi) is 5.69. The molecule has 3 aromatic rings. The van der Waals surface area contributed by atoms with E-state index in [1.807, 2.05) is 30.3 Å². The molecular formula is C19H18ClN3O2. The van der Waals surface area contributed by atoms with Crippen molar-refractivity contribution < 1.29 is 9.21 Å². The quantitative estimate of drug-likeness (QED) is 0.674. The maximum Gasteiger partial charge on any atom is 0.270 e. The summed E-state index contributed by atoms with van der Waals surface area (Å²) in [6.07, 6.45) is 4.08. The Balaban J connectivity index is 1.47. The van der Waals surface area contributed by atoms with Crippen molar-refractivity contribution in [3.8, 4) is 0 Å². The number of hydrogen-bond donors (Lipinski definition) is 2. The number of nitrogens with zero attached hydrogens (tertiary/aromatic N) is 1. The molecule has 1 amide bonds. The number of carbonyl (C=O) groups is 1. The topological polar surface area (TPSA) is 67.2 Å². The fourth-order valence-corrected chi connectivity index (χ4v) is 2.56. The molecule has 0 bridgehead atoms. The number of carbonyl (C=O) groups excluding carboxylic acids is 1. The highest BCUT2D eigenvalue weighted by Crippen LogP contribution is 2.12. The summed E-state index contributed by atoms with van der Waals surface area (Å²) in [4.78, 5) is 16.2. The van der Waals surface area contributed by atoms with Crippen LogP contribution in [0, 0.1) is 0 Å². The minimum absolute atomic E-state index is 0.234. The largest absolute Gasteiger partial charge is 0.467 e. The van der Waals surface area contributed by atoms with Crippen LogP contribution < -0.4 is 10.6 Å². The van der Waals surface area contributed by atoms with Gasteiger partial charge in [-0.3, -0.25) is 4.79 Å². The van der Waals surface area contributed by atoms with Crippen LogP contribution in [0.15, 0.2) is 65.4 Å². The van der Waals surface area contributed by atoms with Gasteiger partial charge in [0.1, 0.15) is 11.5 Å². The minimum atomic E-state index is -0.234. The monoisotopic (exact) mass is 355 g/mol. The molecule has 0 spiro atoms. The van der Waals surface area contributed by atoms with Crippen LogP contribution in [0.5, 0.6) is 0 Å². The SMILES string of the molecule is O=C(NCc1ccco1)c1ccc(NCCc2cccc(Cl)c2)cn1. The molecule has 1 aromatic carbocycles. The Labute approximate surface area is 151 Å². The molecule has 3 rings (SSSR count). The zero-order valence-corrected chi connectivity index (χ0v) is 14.3. The zero-order chi connectivity index (χ0) is 17.5. The molecule has 0 saturated carbocycles. The van der Waals surface area contributed by atoms with Crippen LogP contribution in [0.4, 0.5) is 5.69 Å². The molecule has 0 aliphatic heterocycles. The van der Waals surface area contributed by atoms with Gasteiger partial charge in [0.25, 0.3) is 5.91 Å². The van der Waals surface area contributed by atoms with Gasteiger partial charge in [-0.1, -0.05) is 23.7 Å². The van der Waals surface area contributed by atoms with Crippen molar-refractivity contribution in [3.05, 3.63) is 83.0 Å². The van der Waals surface area contributed by atoms with Gasteiger partial charge in [0.05, 0.1) is 24.7 Å². The normalized spacial score (nSPS) is 10.4. The van der Waals surface area contributed by atoms with Gasteiger partial charge >= 0.3 is 0 Å². The Bertz CT molecular complexity index is 817. The molecule has 0 fully saturated rings. The molecule has 0 radical (unpaired) electrons. The molecular weight excluding hydrogens is 338 g/mol. The van der Waals surface area contributed by atoms with E-state index in [4.69, 9.17) is 16.0 Å². The van der Waals surface area contributed by atoms with E-state index in [0.717, 1.165) is 23.7 Å². The van der Waals surface area contributed by atoms with E-state index in [9.17, 15) is 4.79 Å². The molecule has 0 saturated heterocycles. The third-order valence-corrected chi connectivity index (χ3v) is 3.87. The van der Waals surface area contributed by atoms with E-state index >= 15 is 0 Å². The first kappa shape index (κ1) is 17.0. The molecule has 6 heteroatoms. The number of aromatic nitrogens is 1. The Morgan fingerprint density at radius 1 is 1.16 bits per heavy atom. The van der Waals surface area contributed by atoms with Crippen molar-refractivity contribution in [2.75, 3.05) is 11.9 Å². The highest BCUT2D eigenvalue weighted by molar-refractivity contribution is 6.30. The maximum absolute atomic E-state index is 12.0. The second-order valence-electron chi connectivity index (χ2n) is 5.50. The van der Waals surface area contributed by atoms with E-state index in [0.29, 0.717) is 18.0 Å². The lowest BCUT2D eigenvalue weighted by Crippen LogP contribution is -2.23. The number of pyridine rings is 1. The predicted octanol–water partition coefficient (Wildman–Crippen LogP) is 3.91. The summed E-state index contributed by atoms with van der Waals surface area (Å²) in [5.74, 6) is 0.467. The maximum atomic E-state index is 12.0. The van der Waals surface area contributed by atoms with Gasteiger partial charge in [-0.2, -0.15) is 0 Å². The lowest BCUT2D eigenvalue weighted by molar-refractivity contribution is 0.0943. The van der Waals surface area contributed by atoms with Crippen molar-refractivity contribution in [1.29, 1.82) is 0 Å². The second kappa shape index (κ2) is 8.35. The van der Waals surface area contributed by atoms with Crippen LogP contribution in [0.1, 0.15) is 21.8 Å². The second-order valence-corrected chi connectivity index (χ2v) is 5.94. The molecule has 25 heavy (non-hydrogen) atoms. The van der Waals surface area contributed by atoms with Crippen LogP contribution in [0.2, 0.25) is 5.02 Å². The predicted molar refractivity (Wildman–Crippen MR) is 97.8 cm³/mol. The van der Waals surface area contributed by atoms with Crippen LogP contribution in [-0.2, 0) is 13.0 Å². The fraction of sp³-hybridized carbons (Fsp3) is 0.158. The van der Waals surface area contributed by atoms with Crippen molar-refractivity contribution in [3.63, 3.8) is 0 Å². The number of anilines is 1. The van der Waals surface area contributed by atoms with Crippen molar-refractivity contribution in [2.45, 2.75) is 13.0 Å². The summed E-state index contributed by atoms with van der Waals surface area (Å²) in [7, 11) is 0. The summed E-state index contributed by atoms with van der Waals surface area (Å²) < 4.78 is 5.17. The average Bonchev–Trinajstić information content (AvgIpc) is 3.14. The molecule has 0 aliphatic rings. The van der Waals surface area contributed by atoms with E-state index in [1.165, 1.54) is 5.56 Å². The molecule has 0 aliphatic carbocycles. The van der Waals surface area contributed by atoms with Crippen molar-refractivity contribution in [2.24, 2.45) is 0 Å². The molecule has 0 atom stereocenters. The molecule has 2 aromatic heterocycles. The summed E-state index contributed by atoms with van der Waals surface area (Å²) in [5.41, 5.74) is 2.40. The highest BCUT2D eigenvalue weighted by Gasteiger charge is 2.07. The first-order valence-electron chi connectivity index (χ1n) is 7.96. The third kappa shape index (κ3) is 5.09. The number of amides is 1. The third-order valence-electron chi connectivity index (χ3n) is 3.63. The fourth-order valence-electron chi connectivity index (χ4n) is 2.35. The summed E-state index contributed by atoms with van der Waals surface area (Å²) in [5, 5.41) is 6.78. The number of furan rings is 1. The Morgan fingerprint density at radius 3 is 2.80 bits per heavy atom. The average molecular weight is 356 g/mol. The first-order valence-corrected chi connectivity index (χ1v) is 8.33. The van der Waals surface area contributed by atoms with Gasteiger partial charge < -0.3 is 15.1 Å². The number of hydrogen-bond acceptors (Lipinski definition) is 4. The van der Waals surface area contributed by atoms with E-state index < -0.39 is 0 Å². The number of rotatable bonds is 7. The van der Waals surface area contributed by atoms with Crippen LogP contribution >= 0.6 is 11.6 Å². The van der Waals surface area contributed by atoms with Gasteiger partial charge in [0.2, 0.25) is 0 Å². The van der Waals surface area contributed by atoms with Gasteiger partial charge in [-0.25, -0.2) is 4.98 Å². The number of halogens is 1. The lowest BCUT2D eigenvalue weighted by atomic mass is 10.1. The van der Waals surface area contributed by atoms with Crippen LogP contribution in [0.3, 0.4) is 0 Å². The van der Waals surface area contributed by atoms with E-state index in [-0.39, 0.29) is 5.91 Å². The first-order chi connectivity index (χ1) is 12.2. The van der Waals surface area contributed by atoms with E-state index in [1.54, 1.807) is 30.7 Å².